The van der Waals surface area contributed by atoms with Crippen LogP contribution in [0.3, 0.4) is 0 Å². The van der Waals surface area contributed by atoms with E-state index in [1.807, 2.05) is 0 Å². The van der Waals surface area contributed by atoms with Crippen LogP contribution in [-0.4, -0.2) is 44.8 Å². The van der Waals surface area contributed by atoms with Crippen LogP contribution >= 0.6 is 0 Å². The molecule has 1 N–H and O–H groups in total. The van der Waals surface area contributed by atoms with Crippen molar-refractivity contribution < 1.29 is 9.47 Å². The summed E-state index contributed by atoms with van der Waals surface area (Å²) in [4.78, 5) is 4.42. The lowest BCUT2D eigenvalue weighted by Crippen LogP contribution is -2.40. The summed E-state index contributed by atoms with van der Waals surface area (Å²) in [5.74, 6) is 1.14. The number of amidine groups is 1. The van der Waals surface area contributed by atoms with E-state index in [1.54, 1.807) is 0 Å². The molecule has 0 aromatic rings. The van der Waals surface area contributed by atoms with Gasteiger partial charge in [-0.3, -0.25) is 4.99 Å². The summed E-state index contributed by atoms with van der Waals surface area (Å²) >= 11 is 0. The Morgan fingerprint density at radius 1 is 1.36 bits per heavy atom. The van der Waals surface area contributed by atoms with Crippen molar-refractivity contribution in [2.75, 3.05) is 32.9 Å². The zero-order valence-corrected chi connectivity index (χ0v) is 8.50. The molecule has 0 spiro atoms. The van der Waals surface area contributed by atoms with Crippen molar-refractivity contribution in [1.29, 1.82) is 0 Å². The molecule has 1 fully saturated rings. The zero-order valence-electron chi connectivity index (χ0n) is 8.50. The maximum Gasteiger partial charge on any atom is 0.0981 e. The molecule has 2 aliphatic rings. The second-order valence-corrected chi connectivity index (χ2v) is 3.73. The van der Waals surface area contributed by atoms with Crippen molar-refractivity contribution in [2.45, 2.75) is 25.4 Å². The molecule has 0 amide bonds. The second-order valence-electron chi connectivity index (χ2n) is 3.73. The highest BCUT2D eigenvalue weighted by Gasteiger charge is 2.14. The molecule has 80 valence electrons. The highest BCUT2D eigenvalue weighted by molar-refractivity contribution is 5.82. The van der Waals surface area contributed by atoms with Crippen LogP contribution in [0.2, 0.25) is 0 Å². The first kappa shape index (κ1) is 9.93. The molecule has 0 saturated carbocycles. The van der Waals surface area contributed by atoms with Gasteiger partial charge in [0.2, 0.25) is 0 Å². The standard InChI is InChI=1S/C10H18N2O2/c1-2-4-11-10(3-1)12-7-9-8-13-5-6-14-9/h9H,1-8H2,(H,11,12). The van der Waals surface area contributed by atoms with Crippen molar-refractivity contribution in [3.63, 3.8) is 0 Å². The van der Waals surface area contributed by atoms with Gasteiger partial charge < -0.3 is 14.8 Å². The highest BCUT2D eigenvalue weighted by Crippen LogP contribution is 2.05. The van der Waals surface area contributed by atoms with E-state index in [1.165, 1.54) is 12.8 Å². The quantitative estimate of drug-likeness (QED) is 0.705. The minimum Gasteiger partial charge on any atom is -0.376 e. The molecule has 0 bridgehead atoms. The van der Waals surface area contributed by atoms with E-state index < -0.39 is 0 Å². The number of nitrogens with one attached hydrogen (secondary N) is 1. The van der Waals surface area contributed by atoms with Crippen molar-refractivity contribution in [3.8, 4) is 0 Å². The number of hydrogen-bond donors (Lipinski definition) is 1. The molecule has 0 aromatic carbocycles. The van der Waals surface area contributed by atoms with Gasteiger partial charge in [0.1, 0.15) is 0 Å². The van der Waals surface area contributed by atoms with Gasteiger partial charge in [0, 0.05) is 19.5 Å². The van der Waals surface area contributed by atoms with E-state index in [4.69, 9.17) is 9.47 Å². The Morgan fingerprint density at radius 2 is 2.36 bits per heavy atom. The average molecular weight is 198 g/mol. The molecule has 2 aliphatic heterocycles. The summed E-state index contributed by atoms with van der Waals surface area (Å²) in [6, 6.07) is 0. The van der Waals surface area contributed by atoms with E-state index in [2.05, 4.69) is 10.3 Å². The Bertz CT molecular complexity index is 200. The highest BCUT2D eigenvalue weighted by atomic mass is 16.6. The van der Waals surface area contributed by atoms with Crippen LogP contribution in [0.25, 0.3) is 0 Å². The fraction of sp³-hybridized carbons (Fsp3) is 0.900. The molecule has 0 radical (unpaired) electrons. The minimum atomic E-state index is 0.202. The average Bonchev–Trinajstić information content (AvgIpc) is 2.29. The van der Waals surface area contributed by atoms with Crippen molar-refractivity contribution in [2.24, 2.45) is 4.99 Å². The maximum atomic E-state index is 5.53. The van der Waals surface area contributed by atoms with Crippen molar-refractivity contribution in [1.82, 2.24) is 5.32 Å². The Kier molecular flexibility index (Phi) is 3.77. The number of rotatable bonds is 2. The predicted octanol–water partition coefficient (Wildman–Crippen LogP) is 0.574. The monoisotopic (exact) mass is 198 g/mol. The van der Waals surface area contributed by atoms with Gasteiger partial charge in [0.05, 0.1) is 31.8 Å². The smallest absolute Gasteiger partial charge is 0.0981 e. The zero-order chi connectivity index (χ0) is 9.64. The van der Waals surface area contributed by atoms with Gasteiger partial charge in [-0.1, -0.05) is 0 Å². The third kappa shape index (κ3) is 2.96. The first-order valence-electron chi connectivity index (χ1n) is 5.42. The lowest BCUT2D eigenvalue weighted by atomic mass is 10.2. The van der Waals surface area contributed by atoms with Gasteiger partial charge in [-0.2, -0.15) is 0 Å². The van der Waals surface area contributed by atoms with Crippen LogP contribution in [0.15, 0.2) is 4.99 Å². The minimum absolute atomic E-state index is 0.202. The van der Waals surface area contributed by atoms with E-state index in [-0.39, 0.29) is 6.10 Å². The SMILES string of the molecule is C1CCC(NCC2COCCO2)=NC1. The maximum absolute atomic E-state index is 5.53. The molecule has 2 heterocycles. The van der Waals surface area contributed by atoms with Crippen LogP contribution in [0.5, 0.6) is 0 Å². The van der Waals surface area contributed by atoms with E-state index in [0.29, 0.717) is 6.61 Å². The Balaban J connectivity index is 1.67. The van der Waals surface area contributed by atoms with E-state index in [9.17, 15) is 0 Å². The molecule has 1 saturated heterocycles. The Morgan fingerprint density at radius 3 is 3.07 bits per heavy atom. The lowest BCUT2D eigenvalue weighted by molar-refractivity contribution is -0.0850. The van der Waals surface area contributed by atoms with Gasteiger partial charge in [-0.05, 0) is 12.8 Å². The fourth-order valence-corrected chi connectivity index (χ4v) is 1.73. The molecule has 0 aliphatic carbocycles. The van der Waals surface area contributed by atoms with Crippen LogP contribution in [0, 0.1) is 0 Å². The summed E-state index contributed by atoms with van der Waals surface area (Å²) < 4.78 is 10.8. The summed E-state index contributed by atoms with van der Waals surface area (Å²) in [6.07, 6.45) is 3.78. The Labute approximate surface area is 84.7 Å². The van der Waals surface area contributed by atoms with Gasteiger partial charge in [0.15, 0.2) is 0 Å². The number of aliphatic imine (C=N–C) groups is 1. The lowest BCUT2D eigenvalue weighted by Gasteiger charge is -2.24. The van der Waals surface area contributed by atoms with Crippen molar-refractivity contribution in [3.05, 3.63) is 0 Å². The Hall–Kier alpha value is -0.610. The van der Waals surface area contributed by atoms with E-state index >= 15 is 0 Å². The molecular weight excluding hydrogens is 180 g/mol. The first-order valence-corrected chi connectivity index (χ1v) is 5.42. The number of nitrogens with zero attached hydrogens (tertiary/aromatic N) is 1. The molecular formula is C10H18N2O2. The molecule has 14 heavy (non-hydrogen) atoms. The van der Waals surface area contributed by atoms with Gasteiger partial charge in [0.25, 0.3) is 0 Å². The van der Waals surface area contributed by atoms with E-state index in [0.717, 1.165) is 38.6 Å². The van der Waals surface area contributed by atoms with Crippen LogP contribution in [0.4, 0.5) is 0 Å². The van der Waals surface area contributed by atoms with Gasteiger partial charge >= 0.3 is 0 Å². The molecule has 2 rings (SSSR count). The molecule has 1 atom stereocenters. The molecule has 1 unspecified atom stereocenters. The van der Waals surface area contributed by atoms with Crippen LogP contribution in [-0.2, 0) is 9.47 Å². The second kappa shape index (κ2) is 5.32. The third-order valence-corrected chi connectivity index (χ3v) is 2.54. The summed E-state index contributed by atoms with van der Waals surface area (Å²) in [6.45, 7) is 3.97. The van der Waals surface area contributed by atoms with Gasteiger partial charge in [-0.25, -0.2) is 0 Å². The largest absolute Gasteiger partial charge is 0.376 e. The fourth-order valence-electron chi connectivity index (χ4n) is 1.73. The summed E-state index contributed by atoms with van der Waals surface area (Å²) in [5.41, 5.74) is 0. The summed E-state index contributed by atoms with van der Waals surface area (Å²) in [5, 5.41) is 3.34. The van der Waals surface area contributed by atoms with Crippen molar-refractivity contribution >= 4 is 5.84 Å². The van der Waals surface area contributed by atoms with Crippen LogP contribution < -0.4 is 5.32 Å². The first-order chi connectivity index (χ1) is 6.95. The summed E-state index contributed by atoms with van der Waals surface area (Å²) in [7, 11) is 0. The normalized spacial score (nSPS) is 28.3. The molecule has 4 heteroatoms. The van der Waals surface area contributed by atoms with Gasteiger partial charge in [-0.15, -0.1) is 0 Å². The predicted molar refractivity (Wildman–Crippen MR) is 54.7 cm³/mol. The van der Waals surface area contributed by atoms with Crippen LogP contribution in [0.1, 0.15) is 19.3 Å². The number of ether oxygens (including phenoxy) is 2. The number of hydrogen-bond acceptors (Lipinski definition) is 4. The molecule has 0 aromatic heterocycles. The molecule has 4 nitrogen and oxygen atoms in total. The third-order valence-electron chi connectivity index (χ3n) is 2.54. The topological polar surface area (TPSA) is 42.8 Å².